The van der Waals surface area contributed by atoms with Gasteiger partial charge in [-0.1, -0.05) is 13.8 Å². The van der Waals surface area contributed by atoms with Crippen LogP contribution in [0.1, 0.15) is 35.6 Å². The molecule has 1 atom stereocenters. The van der Waals surface area contributed by atoms with E-state index in [2.05, 4.69) is 16.4 Å². The highest BCUT2D eigenvalue weighted by atomic mass is 16.1. The van der Waals surface area contributed by atoms with Crippen LogP contribution in [0.5, 0.6) is 0 Å². The summed E-state index contributed by atoms with van der Waals surface area (Å²) in [6.07, 6.45) is 0. The van der Waals surface area contributed by atoms with Crippen LogP contribution < -0.4 is 5.32 Å². The third-order valence-electron chi connectivity index (χ3n) is 2.56. The maximum Gasteiger partial charge on any atom is 0.254 e. The van der Waals surface area contributed by atoms with E-state index in [9.17, 15) is 4.79 Å². The number of aryl methyl sites for hydroxylation is 2. The van der Waals surface area contributed by atoms with Crippen LogP contribution in [-0.4, -0.2) is 16.9 Å². The summed E-state index contributed by atoms with van der Waals surface area (Å²) in [4.78, 5) is 16.2. The molecule has 0 saturated heterocycles. The van der Waals surface area contributed by atoms with Crippen LogP contribution >= 0.6 is 0 Å². The Bertz CT molecular complexity index is 460. The fourth-order valence-corrected chi connectivity index (χ4v) is 1.49. The minimum Gasteiger partial charge on any atom is -0.336 e. The van der Waals surface area contributed by atoms with E-state index in [1.165, 1.54) is 0 Å². The number of nitrogens with one attached hydrogen (secondary N) is 1. The molecule has 1 amide bonds. The summed E-state index contributed by atoms with van der Waals surface area (Å²) in [6.45, 7) is 7.46. The molecule has 0 aliphatic carbocycles. The van der Waals surface area contributed by atoms with E-state index in [0.717, 1.165) is 5.69 Å². The third-order valence-corrected chi connectivity index (χ3v) is 2.56. The molecule has 1 aromatic rings. The highest BCUT2D eigenvalue weighted by molar-refractivity contribution is 5.95. The average Bonchev–Trinajstić information content (AvgIpc) is 2.24. The molecule has 0 aliphatic heterocycles. The van der Waals surface area contributed by atoms with E-state index in [4.69, 9.17) is 5.26 Å². The number of nitrogens with zero attached hydrogens (tertiary/aromatic N) is 2. The van der Waals surface area contributed by atoms with Crippen molar-refractivity contribution in [2.45, 2.75) is 33.7 Å². The molecule has 1 aromatic heterocycles. The molecule has 1 heterocycles. The van der Waals surface area contributed by atoms with Crippen molar-refractivity contribution in [3.63, 3.8) is 0 Å². The summed E-state index contributed by atoms with van der Waals surface area (Å²) in [6, 6.07) is 5.14. The van der Waals surface area contributed by atoms with Crippen LogP contribution in [0.3, 0.4) is 0 Å². The molecule has 4 heteroatoms. The second-order valence-electron chi connectivity index (χ2n) is 4.41. The van der Waals surface area contributed by atoms with Crippen molar-refractivity contribution in [2.75, 3.05) is 0 Å². The smallest absolute Gasteiger partial charge is 0.254 e. The Labute approximate surface area is 102 Å². The number of amides is 1. The monoisotopic (exact) mass is 231 g/mol. The highest BCUT2D eigenvalue weighted by Gasteiger charge is 2.17. The number of carbonyl (C=O) groups excluding carboxylic acids is 1. The van der Waals surface area contributed by atoms with Gasteiger partial charge in [-0.2, -0.15) is 5.26 Å². The molecule has 90 valence electrons. The molecule has 0 aliphatic rings. The molecular weight excluding hydrogens is 214 g/mol. The van der Waals surface area contributed by atoms with Crippen molar-refractivity contribution in [3.8, 4) is 6.07 Å². The Balaban J connectivity index is 2.87. The van der Waals surface area contributed by atoms with Gasteiger partial charge in [0.1, 0.15) is 6.04 Å². The van der Waals surface area contributed by atoms with Gasteiger partial charge in [0, 0.05) is 5.69 Å². The van der Waals surface area contributed by atoms with Gasteiger partial charge in [0.2, 0.25) is 0 Å². The second kappa shape index (κ2) is 5.44. The summed E-state index contributed by atoms with van der Waals surface area (Å²) in [5.74, 6) is -0.155. The Morgan fingerprint density at radius 1 is 1.41 bits per heavy atom. The normalized spacial score (nSPS) is 12.0. The van der Waals surface area contributed by atoms with Crippen molar-refractivity contribution >= 4 is 5.91 Å². The highest BCUT2D eigenvalue weighted by Crippen LogP contribution is 2.08. The first-order valence-corrected chi connectivity index (χ1v) is 5.60. The van der Waals surface area contributed by atoms with Crippen molar-refractivity contribution in [2.24, 2.45) is 5.92 Å². The number of rotatable bonds is 3. The van der Waals surface area contributed by atoms with Crippen LogP contribution in [0.2, 0.25) is 0 Å². The van der Waals surface area contributed by atoms with Crippen molar-refractivity contribution < 1.29 is 4.79 Å². The van der Waals surface area contributed by atoms with Crippen LogP contribution in [-0.2, 0) is 0 Å². The van der Waals surface area contributed by atoms with Crippen LogP contribution in [0, 0.1) is 31.1 Å². The quantitative estimate of drug-likeness (QED) is 0.865. The lowest BCUT2D eigenvalue weighted by atomic mass is 10.1. The fourth-order valence-electron chi connectivity index (χ4n) is 1.49. The van der Waals surface area contributed by atoms with Crippen LogP contribution in [0.25, 0.3) is 0 Å². The van der Waals surface area contributed by atoms with Gasteiger partial charge in [-0.25, -0.2) is 0 Å². The van der Waals surface area contributed by atoms with Gasteiger partial charge in [-0.15, -0.1) is 0 Å². The minimum absolute atomic E-state index is 0.0858. The molecule has 4 nitrogen and oxygen atoms in total. The lowest BCUT2D eigenvalue weighted by molar-refractivity contribution is 0.0936. The van der Waals surface area contributed by atoms with Crippen LogP contribution in [0.15, 0.2) is 12.1 Å². The van der Waals surface area contributed by atoms with E-state index in [0.29, 0.717) is 11.3 Å². The Morgan fingerprint density at radius 2 is 2.06 bits per heavy atom. The number of hydrogen-bond donors (Lipinski definition) is 1. The van der Waals surface area contributed by atoms with Gasteiger partial charge < -0.3 is 5.32 Å². The van der Waals surface area contributed by atoms with E-state index in [1.807, 2.05) is 20.8 Å². The zero-order chi connectivity index (χ0) is 13.0. The Hall–Kier alpha value is -1.89. The molecule has 0 spiro atoms. The topological polar surface area (TPSA) is 65.8 Å². The van der Waals surface area contributed by atoms with Gasteiger partial charge in [0.05, 0.1) is 17.3 Å². The first-order chi connectivity index (χ1) is 7.95. The number of hydrogen-bond acceptors (Lipinski definition) is 3. The molecular formula is C13H17N3O. The molecule has 0 radical (unpaired) electrons. The van der Waals surface area contributed by atoms with Gasteiger partial charge in [-0.05, 0) is 31.9 Å². The van der Waals surface area contributed by atoms with Crippen LogP contribution in [0.4, 0.5) is 0 Å². The third kappa shape index (κ3) is 3.28. The zero-order valence-corrected chi connectivity index (χ0v) is 10.6. The SMILES string of the molecule is Cc1ccc(C(=O)NC(C#N)C(C)C)c(C)n1. The molecule has 1 rings (SSSR count). The predicted molar refractivity (Wildman–Crippen MR) is 65.4 cm³/mol. The molecule has 0 bridgehead atoms. The second-order valence-corrected chi connectivity index (χ2v) is 4.41. The summed E-state index contributed by atoms with van der Waals surface area (Å²) >= 11 is 0. The van der Waals surface area contributed by atoms with Gasteiger partial charge in [0.25, 0.3) is 5.91 Å². The lowest BCUT2D eigenvalue weighted by Crippen LogP contribution is -2.37. The Kier molecular flexibility index (Phi) is 4.22. The molecule has 0 fully saturated rings. The predicted octanol–water partition coefficient (Wildman–Crippen LogP) is 1.98. The summed E-state index contributed by atoms with van der Waals surface area (Å²) in [7, 11) is 0. The van der Waals surface area contributed by atoms with Gasteiger partial charge in [-0.3, -0.25) is 9.78 Å². The summed E-state index contributed by atoms with van der Waals surface area (Å²) < 4.78 is 0. The maximum absolute atomic E-state index is 11.9. The minimum atomic E-state index is -0.469. The summed E-state index contributed by atoms with van der Waals surface area (Å²) in [5, 5.41) is 11.6. The molecule has 0 aromatic carbocycles. The fraction of sp³-hybridized carbons (Fsp3) is 0.462. The lowest BCUT2D eigenvalue weighted by Gasteiger charge is -2.15. The van der Waals surface area contributed by atoms with E-state index < -0.39 is 6.04 Å². The summed E-state index contributed by atoms with van der Waals surface area (Å²) in [5.41, 5.74) is 2.08. The number of carbonyl (C=O) groups is 1. The molecule has 1 unspecified atom stereocenters. The van der Waals surface area contributed by atoms with Gasteiger partial charge in [0.15, 0.2) is 0 Å². The van der Waals surface area contributed by atoms with Crippen molar-refractivity contribution in [1.29, 1.82) is 5.26 Å². The van der Waals surface area contributed by atoms with Crippen molar-refractivity contribution in [1.82, 2.24) is 10.3 Å². The number of nitriles is 1. The number of aromatic nitrogens is 1. The number of pyridine rings is 1. The average molecular weight is 231 g/mol. The van der Waals surface area contributed by atoms with Gasteiger partial charge >= 0.3 is 0 Å². The standard InChI is InChI=1S/C13H17N3O/c1-8(2)12(7-14)16-13(17)11-6-5-9(3)15-10(11)4/h5-6,8,12H,1-4H3,(H,16,17). The molecule has 17 heavy (non-hydrogen) atoms. The largest absolute Gasteiger partial charge is 0.336 e. The molecule has 1 N–H and O–H groups in total. The maximum atomic E-state index is 11.9. The zero-order valence-electron chi connectivity index (χ0n) is 10.6. The molecule has 0 saturated carbocycles. The van der Waals surface area contributed by atoms with E-state index in [1.54, 1.807) is 19.1 Å². The Morgan fingerprint density at radius 3 is 2.53 bits per heavy atom. The first kappa shape index (κ1) is 13.2. The van der Waals surface area contributed by atoms with E-state index in [-0.39, 0.29) is 11.8 Å². The first-order valence-electron chi connectivity index (χ1n) is 5.60. The van der Waals surface area contributed by atoms with Crippen molar-refractivity contribution in [3.05, 3.63) is 29.1 Å². The van der Waals surface area contributed by atoms with E-state index >= 15 is 0 Å².